The lowest BCUT2D eigenvalue weighted by molar-refractivity contribution is 0.179. The molecule has 2 unspecified atom stereocenters. The molecule has 0 aromatic heterocycles. The normalized spacial score (nSPS) is 13.9. The third-order valence-corrected chi connectivity index (χ3v) is 2.70. The van der Waals surface area contributed by atoms with Crippen molar-refractivity contribution in [2.45, 2.75) is 19.1 Å². The highest BCUT2D eigenvalue weighted by Crippen LogP contribution is 2.25. The molecule has 100 valence electrons. The van der Waals surface area contributed by atoms with E-state index in [1.54, 1.807) is 6.92 Å². The molecule has 0 fully saturated rings. The fourth-order valence-corrected chi connectivity index (χ4v) is 1.86. The smallest absolute Gasteiger partial charge is 0.138 e. The highest BCUT2D eigenvalue weighted by atomic mass is 19.1. The zero-order valence-corrected chi connectivity index (χ0v) is 10.5. The van der Waals surface area contributed by atoms with E-state index in [4.69, 9.17) is 10.5 Å². The summed E-state index contributed by atoms with van der Waals surface area (Å²) in [5.41, 5.74) is 6.74. The van der Waals surface area contributed by atoms with Gasteiger partial charge in [-0.05, 0) is 12.5 Å². The van der Waals surface area contributed by atoms with Crippen LogP contribution in [0.25, 0.3) is 0 Å². The summed E-state index contributed by atoms with van der Waals surface area (Å²) in [6.07, 6.45) is -0.456. The van der Waals surface area contributed by atoms with E-state index in [9.17, 15) is 8.78 Å². The quantitative estimate of drug-likeness (QED) is 0.917. The summed E-state index contributed by atoms with van der Waals surface area (Å²) in [6, 6.07) is 12.1. The molecule has 0 spiro atoms. The van der Waals surface area contributed by atoms with E-state index in [0.717, 1.165) is 23.8 Å². The molecular formula is C15H15F2NO. The molecule has 4 heteroatoms. The number of ether oxygens (including phenoxy) is 1. The zero-order valence-electron chi connectivity index (χ0n) is 10.5. The Kier molecular flexibility index (Phi) is 4.12. The molecule has 0 saturated carbocycles. The predicted molar refractivity (Wildman–Crippen MR) is 69.8 cm³/mol. The third-order valence-electron chi connectivity index (χ3n) is 2.70. The number of nitrogens with two attached hydrogens (primary N) is 1. The molecule has 2 aromatic carbocycles. The molecule has 0 saturated heterocycles. The fourth-order valence-electron chi connectivity index (χ4n) is 1.86. The Morgan fingerprint density at radius 2 is 1.58 bits per heavy atom. The van der Waals surface area contributed by atoms with E-state index in [0.29, 0.717) is 0 Å². The van der Waals surface area contributed by atoms with Gasteiger partial charge in [0.25, 0.3) is 0 Å². The lowest BCUT2D eigenvalue weighted by Crippen LogP contribution is -2.29. The summed E-state index contributed by atoms with van der Waals surface area (Å²) in [5.74, 6) is -1.22. The van der Waals surface area contributed by atoms with Gasteiger partial charge in [0.15, 0.2) is 0 Å². The van der Waals surface area contributed by atoms with Gasteiger partial charge in [-0.2, -0.15) is 0 Å². The van der Waals surface area contributed by atoms with Crippen molar-refractivity contribution in [2.75, 3.05) is 0 Å². The molecular weight excluding hydrogens is 248 g/mol. The highest BCUT2D eigenvalue weighted by molar-refractivity contribution is 5.26. The molecule has 2 nitrogen and oxygen atoms in total. The Bertz CT molecular complexity index is 523. The molecule has 2 aromatic rings. The second-order valence-corrected chi connectivity index (χ2v) is 4.41. The average Bonchev–Trinajstić information content (AvgIpc) is 2.35. The molecule has 0 heterocycles. The minimum Gasteiger partial charge on any atom is -0.484 e. The van der Waals surface area contributed by atoms with E-state index in [1.165, 1.54) is 0 Å². The molecule has 0 radical (unpaired) electrons. The number of rotatable bonds is 4. The third kappa shape index (κ3) is 3.51. The van der Waals surface area contributed by atoms with Crippen molar-refractivity contribution in [2.24, 2.45) is 5.73 Å². The largest absolute Gasteiger partial charge is 0.484 e. The van der Waals surface area contributed by atoms with Crippen LogP contribution in [0.3, 0.4) is 0 Å². The molecule has 2 N–H and O–H groups in total. The molecule has 19 heavy (non-hydrogen) atoms. The first-order valence-electron chi connectivity index (χ1n) is 5.99. The van der Waals surface area contributed by atoms with E-state index in [2.05, 4.69) is 0 Å². The average molecular weight is 263 g/mol. The van der Waals surface area contributed by atoms with Gasteiger partial charge in [-0.15, -0.1) is 0 Å². The highest BCUT2D eigenvalue weighted by Gasteiger charge is 2.18. The maximum Gasteiger partial charge on any atom is 0.138 e. The lowest BCUT2D eigenvalue weighted by atomic mass is 10.0. The first-order valence-corrected chi connectivity index (χ1v) is 5.99. The van der Waals surface area contributed by atoms with Crippen LogP contribution in [0.5, 0.6) is 5.75 Å². The maximum absolute atomic E-state index is 13.1. The van der Waals surface area contributed by atoms with E-state index >= 15 is 0 Å². The second kappa shape index (κ2) is 5.80. The predicted octanol–water partition coefficient (Wildman–Crippen LogP) is 3.43. The summed E-state index contributed by atoms with van der Waals surface area (Å²) >= 11 is 0. The van der Waals surface area contributed by atoms with Crippen molar-refractivity contribution < 1.29 is 13.5 Å². The van der Waals surface area contributed by atoms with Gasteiger partial charge in [0.1, 0.15) is 23.5 Å². The summed E-state index contributed by atoms with van der Waals surface area (Å²) in [4.78, 5) is 0. The number of hydrogen-bond acceptors (Lipinski definition) is 2. The second-order valence-electron chi connectivity index (χ2n) is 4.41. The Labute approximate surface area is 110 Å². The van der Waals surface area contributed by atoms with Gasteiger partial charge in [0, 0.05) is 24.2 Å². The number of hydrogen-bond donors (Lipinski definition) is 1. The van der Waals surface area contributed by atoms with Crippen LogP contribution in [-0.2, 0) is 0 Å². The van der Waals surface area contributed by atoms with Crippen molar-refractivity contribution in [3.8, 4) is 5.75 Å². The molecule has 0 amide bonds. The van der Waals surface area contributed by atoms with E-state index < -0.39 is 17.7 Å². The minimum absolute atomic E-state index is 0.128. The lowest BCUT2D eigenvalue weighted by Gasteiger charge is -2.23. The van der Waals surface area contributed by atoms with Crippen LogP contribution in [0.1, 0.15) is 18.6 Å². The van der Waals surface area contributed by atoms with Crippen LogP contribution < -0.4 is 10.5 Å². The monoisotopic (exact) mass is 263 g/mol. The van der Waals surface area contributed by atoms with Gasteiger partial charge in [-0.25, -0.2) is 8.78 Å². The molecule has 0 bridgehead atoms. The summed E-state index contributed by atoms with van der Waals surface area (Å²) in [6.45, 7) is 1.79. The van der Waals surface area contributed by atoms with Crippen LogP contribution in [0.2, 0.25) is 0 Å². The SMILES string of the molecule is CC(N)C(Oc1cc(F)cc(F)c1)c1ccccc1. The van der Waals surface area contributed by atoms with Crippen LogP contribution in [0.15, 0.2) is 48.5 Å². The molecule has 0 aliphatic heterocycles. The molecule has 2 rings (SSSR count). The zero-order chi connectivity index (χ0) is 13.8. The number of benzene rings is 2. The first kappa shape index (κ1) is 13.5. The van der Waals surface area contributed by atoms with Gasteiger partial charge in [-0.1, -0.05) is 30.3 Å². The Balaban J connectivity index is 2.27. The summed E-state index contributed by atoms with van der Waals surface area (Å²) in [7, 11) is 0. The van der Waals surface area contributed by atoms with Crippen molar-refractivity contribution in [1.29, 1.82) is 0 Å². The van der Waals surface area contributed by atoms with E-state index in [1.807, 2.05) is 30.3 Å². The summed E-state index contributed by atoms with van der Waals surface area (Å²) in [5, 5.41) is 0. The van der Waals surface area contributed by atoms with Crippen LogP contribution in [0.4, 0.5) is 8.78 Å². The topological polar surface area (TPSA) is 35.2 Å². The van der Waals surface area contributed by atoms with Crippen molar-refractivity contribution in [3.63, 3.8) is 0 Å². The molecule has 2 atom stereocenters. The fraction of sp³-hybridized carbons (Fsp3) is 0.200. The van der Waals surface area contributed by atoms with Crippen molar-refractivity contribution in [3.05, 3.63) is 65.7 Å². The van der Waals surface area contributed by atoms with Crippen LogP contribution in [0, 0.1) is 11.6 Å². The molecule has 0 aliphatic rings. The first-order chi connectivity index (χ1) is 9.06. The Morgan fingerprint density at radius 1 is 1.00 bits per heavy atom. The van der Waals surface area contributed by atoms with Gasteiger partial charge >= 0.3 is 0 Å². The van der Waals surface area contributed by atoms with Gasteiger partial charge in [-0.3, -0.25) is 0 Å². The van der Waals surface area contributed by atoms with Gasteiger partial charge < -0.3 is 10.5 Å². The Morgan fingerprint density at radius 3 is 2.11 bits per heavy atom. The Hall–Kier alpha value is -1.94. The molecule has 0 aliphatic carbocycles. The number of halogens is 2. The van der Waals surface area contributed by atoms with E-state index in [-0.39, 0.29) is 11.8 Å². The maximum atomic E-state index is 13.1. The van der Waals surface area contributed by atoms with Gasteiger partial charge in [0.2, 0.25) is 0 Å². The van der Waals surface area contributed by atoms with Crippen LogP contribution >= 0.6 is 0 Å². The standard InChI is InChI=1S/C15H15F2NO/c1-10(18)15(11-5-3-2-4-6-11)19-14-8-12(16)7-13(17)9-14/h2-10,15H,18H2,1H3. The van der Waals surface area contributed by atoms with Crippen molar-refractivity contribution >= 4 is 0 Å². The van der Waals surface area contributed by atoms with Gasteiger partial charge in [0.05, 0.1) is 0 Å². The van der Waals surface area contributed by atoms with Crippen molar-refractivity contribution in [1.82, 2.24) is 0 Å². The summed E-state index contributed by atoms with van der Waals surface area (Å²) < 4.78 is 31.9. The minimum atomic E-state index is -0.675. The van der Waals surface area contributed by atoms with Crippen LogP contribution in [-0.4, -0.2) is 6.04 Å².